The number of benzene rings is 2. The fraction of sp³-hybridized carbons (Fsp3) is 0.235. The van der Waals surface area contributed by atoms with Crippen LogP contribution in [0.3, 0.4) is 0 Å². The Morgan fingerprint density at radius 1 is 1.22 bits per heavy atom. The molecule has 2 aromatic carbocycles. The number of halogens is 1. The van der Waals surface area contributed by atoms with Crippen LogP contribution in [0.15, 0.2) is 53.4 Å². The first-order chi connectivity index (χ1) is 11.0. The van der Waals surface area contributed by atoms with Gasteiger partial charge in [-0.25, -0.2) is 4.39 Å². The van der Waals surface area contributed by atoms with Gasteiger partial charge in [0.25, 0.3) is 0 Å². The van der Waals surface area contributed by atoms with Gasteiger partial charge in [-0.15, -0.1) is 0 Å². The number of carbonyl (C=O) groups is 1. The predicted octanol–water partition coefficient (Wildman–Crippen LogP) is 2.44. The van der Waals surface area contributed by atoms with Gasteiger partial charge in [0.2, 0.25) is 5.91 Å². The number of carbonyl (C=O) groups excluding carboxylic acids is 1. The minimum absolute atomic E-state index is 0.0833. The summed E-state index contributed by atoms with van der Waals surface area (Å²) in [5, 5.41) is 2.65. The molecule has 0 unspecified atom stereocenters. The Labute approximate surface area is 137 Å². The highest BCUT2D eigenvalue weighted by molar-refractivity contribution is 7.85. The Morgan fingerprint density at radius 3 is 2.65 bits per heavy atom. The van der Waals surface area contributed by atoms with Gasteiger partial charge >= 0.3 is 0 Å². The molecule has 2 aromatic rings. The summed E-state index contributed by atoms with van der Waals surface area (Å²) in [5.74, 6) is -0.180. The summed E-state index contributed by atoms with van der Waals surface area (Å²) in [7, 11) is -1.36. The van der Waals surface area contributed by atoms with Crippen molar-refractivity contribution in [3.05, 3.63) is 59.9 Å². The fourth-order valence-electron chi connectivity index (χ4n) is 1.90. The third-order valence-corrected chi connectivity index (χ3v) is 4.33. The molecular formula is C17H18FNO3S. The van der Waals surface area contributed by atoms with Gasteiger partial charge in [-0.05, 0) is 48.9 Å². The molecule has 4 nitrogen and oxygen atoms in total. The van der Waals surface area contributed by atoms with Crippen LogP contribution in [0, 0.1) is 12.7 Å². The number of rotatable bonds is 7. The van der Waals surface area contributed by atoms with E-state index in [1.165, 1.54) is 24.3 Å². The molecule has 0 fully saturated rings. The molecule has 0 aromatic heterocycles. The molecule has 0 radical (unpaired) electrons. The Hall–Kier alpha value is -2.21. The molecule has 122 valence electrons. The van der Waals surface area contributed by atoms with Gasteiger partial charge in [0, 0.05) is 4.90 Å². The van der Waals surface area contributed by atoms with E-state index in [2.05, 4.69) is 5.32 Å². The van der Waals surface area contributed by atoms with Gasteiger partial charge < -0.3 is 10.1 Å². The fourth-order valence-corrected chi connectivity index (χ4v) is 2.96. The monoisotopic (exact) mass is 335 g/mol. The van der Waals surface area contributed by atoms with Crippen molar-refractivity contribution < 1.29 is 18.1 Å². The van der Waals surface area contributed by atoms with E-state index in [0.29, 0.717) is 17.2 Å². The van der Waals surface area contributed by atoms with E-state index >= 15 is 0 Å². The molecule has 0 saturated heterocycles. The van der Waals surface area contributed by atoms with Gasteiger partial charge in [0.05, 0.1) is 17.3 Å². The molecule has 1 amide bonds. The minimum atomic E-state index is -1.36. The molecule has 6 heteroatoms. The van der Waals surface area contributed by atoms with Crippen molar-refractivity contribution in [1.82, 2.24) is 5.32 Å². The highest BCUT2D eigenvalue weighted by Crippen LogP contribution is 2.11. The lowest BCUT2D eigenvalue weighted by atomic mass is 10.2. The first kappa shape index (κ1) is 17.1. The van der Waals surface area contributed by atoms with Crippen LogP contribution < -0.4 is 10.1 Å². The molecule has 0 bridgehead atoms. The second kappa shape index (κ2) is 8.43. The number of hydrogen-bond donors (Lipinski definition) is 1. The summed E-state index contributed by atoms with van der Waals surface area (Å²) >= 11 is 0. The Balaban J connectivity index is 1.70. The average molecular weight is 335 g/mol. The first-order valence-corrected chi connectivity index (χ1v) is 8.46. The average Bonchev–Trinajstić information content (AvgIpc) is 2.53. The molecule has 2 rings (SSSR count). The van der Waals surface area contributed by atoms with Crippen LogP contribution in [0.4, 0.5) is 4.39 Å². The van der Waals surface area contributed by atoms with Crippen molar-refractivity contribution in [2.75, 3.05) is 18.9 Å². The number of hydrogen-bond acceptors (Lipinski definition) is 3. The van der Waals surface area contributed by atoms with Crippen LogP contribution in [0.1, 0.15) is 5.56 Å². The van der Waals surface area contributed by atoms with E-state index in [9.17, 15) is 13.4 Å². The number of amides is 1. The van der Waals surface area contributed by atoms with Gasteiger partial charge in [0.15, 0.2) is 0 Å². The van der Waals surface area contributed by atoms with Gasteiger partial charge in [-0.2, -0.15) is 0 Å². The molecule has 0 aliphatic rings. The van der Waals surface area contributed by atoms with Crippen LogP contribution in [0.25, 0.3) is 0 Å². The standard InChI is InChI=1S/C17H18FNO3S/c1-13-3-2-4-16(11-13)23(21)12-17(20)19-9-10-22-15-7-5-14(18)6-8-15/h2-8,11H,9-10,12H2,1H3,(H,19,20)/t23-/m0/s1. The third kappa shape index (κ3) is 5.83. The summed E-state index contributed by atoms with van der Waals surface area (Å²) < 4.78 is 30.2. The van der Waals surface area contributed by atoms with Gasteiger partial charge in [-0.1, -0.05) is 12.1 Å². The van der Waals surface area contributed by atoms with Crippen molar-refractivity contribution in [3.8, 4) is 5.75 Å². The second-order valence-corrected chi connectivity index (χ2v) is 6.41. The SMILES string of the molecule is Cc1cccc([S@@](=O)CC(=O)NCCOc2ccc(F)cc2)c1. The van der Waals surface area contributed by atoms with E-state index in [1.807, 2.05) is 19.1 Å². The molecule has 1 N–H and O–H groups in total. The highest BCUT2D eigenvalue weighted by Gasteiger charge is 2.10. The summed E-state index contributed by atoms with van der Waals surface area (Å²) in [6, 6.07) is 12.9. The van der Waals surface area contributed by atoms with E-state index < -0.39 is 10.8 Å². The van der Waals surface area contributed by atoms with Gasteiger partial charge in [0.1, 0.15) is 23.9 Å². The summed E-state index contributed by atoms with van der Waals surface area (Å²) in [5.41, 5.74) is 1.00. The zero-order valence-electron chi connectivity index (χ0n) is 12.8. The first-order valence-electron chi connectivity index (χ1n) is 7.15. The molecule has 0 aliphatic heterocycles. The zero-order chi connectivity index (χ0) is 16.7. The van der Waals surface area contributed by atoms with Crippen LogP contribution in [0.5, 0.6) is 5.75 Å². The topological polar surface area (TPSA) is 55.4 Å². The Morgan fingerprint density at radius 2 is 1.96 bits per heavy atom. The van der Waals surface area contributed by atoms with E-state index in [0.717, 1.165) is 5.56 Å². The maximum atomic E-state index is 12.7. The normalized spacial score (nSPS) is 11.7. The minimum Gasteiger partial charge on any atom is -0.492 e. The summed E-state index contributed by atoms with van der Waals surface area (Å²) in [6.07, 6.45) is 0. The van der Waals surface area contributed by atoms with E-state index in [1.54, 1.807) is 12.1 Å². The lowest BCUT2D eigenvalue weighted by Gasteiger charge is -2.08. The Bertz CT molecular complexity index is 688. The summed E-state index contributed by atoms with van der Waals surface area (Å²) in [4.78, 5) is 12.4. The molecule has 0 aliphatic carbocycles. The molecular weight excluding hydrogens is 317 g/mol. The third-order valence-electron chi connectivity index (χ3n) is 3.02. The predicted molar refractivity (Wildman–Crippen MR) is 87.4 cm³/mol. The van der Waals surface area contributed by atoms with Crippen LogP contribution >= 0.6 is 0 Å². The Kier molecular flexibility index (Phi) is 6.29. The molecule has 23 heavy (non-hydrogen) atoms. The smallest absolute Gasteiger partial charge is 0.233 e. The maximum Gasteiger partial charge on any atom is 0.233 e. The maximum absolute atomic E-state index is 12.7. The van der Waals surface area contributed by atoms with Crippen molar-refractivity contribution in [2.45, 2.75) is 11.8 Å². The molecule has 1 atom stereocenters. The molecule has 0 saturated carbocycles. The van der Waals surface area contributed by atoms with Crippen LogP contribution in [-0.4, -0.2) is 29.0 Å². The zero-order valence-corrected chi connectivity index (χ0v) is 13.6. The van der Waals surface area contributed by atoms with Crippen molar-refractivity contribution in [2.24, 2.45) is 0 Å². The lowest BCUT2D eigenvalue weighted by Crippen LogP contribution is -2.31. The number of aryl methyl sites for hydroxylation is 1. The van der Waals surface area contributed by atoms with Crippen molar-refractivity contribution >= 4 is 16.7 Å². The van der Waals surface area contributed by atoms with Crippen molar-refractivity contribution in [3.63, 3.8) is 0 Å². The lowest BCUT2D eigenvalue weighted by molar-refractivity contribution is -0.118. The summed E-state index contributed by atoms with van der Waals surface area (Å²) in [6.45, 7) is 2.46. The molecule has 0 heterocycles. The van der Waals surface area contributed by atoms with Crippen molar-refractivity contribution in [1.29, 1.82) is 0 Å². The van der Waals surface area contributed by atoms with Crippen LogP contribution in [-0.2, 0) is 15.6 Å². The number of ether oxygens (including phenoxy) is 1. The van der Waals surface area contributed by atoms with Crippen LogP contribution in [0.2, 0.25) is 0 Å². The highest BCUT2D eigenvalue weighted by atomic mass is 32.2. The second-order valence-electron chi connectivity index (χ2n) is 4.96. The van der Waals surface area contributed by atoms with Gasteiger partial charge in [-0.3, -0.25) is 9.00 Å². The quantitative estimate of drug-likeness (QED) is 0.791. The van der Waals surface area contributed by atoms with E-state index in [-0.39, 0.29) is 24.1 Å². The van der Waals surface area contributed by atoms with E-state index in [4.69, 9.17) is 4.74 Å². The largest absolute Gasteiger partial charge is 0.492 e. The number of nitrogens with one attached hydrogen (secondary N) is 1. The molecule has 0 spiro atoms.